The van der Waals surface area contributed by atoms with Crippen molar-refractivity contribution in [3.8, 4) is 0 Å². The van der Waals surface area contributed by atoms with E-state index in [1.807, 2.05) is 0 Å². The SMILES string of the molecule is O=C(O)[C@H]1CCCCN1C(=O)Nc1ccc(F)cc1F. The average Bonchev–Trinajstić information content (AvgIpc) is 2.41. The molecule has 1 heterocycles. The van der Waals surface area contributed by atoms with E-state index >= 15 is 0 Å². The molecule has 108 valence electrons. The third kappa shape index (κ3) is 3.04. The molecule has 0 saturated carbocycles. The Morgan fingerprint density at radius 2 is 2.05 bits per heavy atom. The smallest absolute Gasteiger partial charge is 0.326 e. The fourth-order valence-corrected chi connectivity index (χ4v) is 2.21. The highest BCUT2D eigenvalue weighted by molar-refractivity contribution is 5.92. The molecule has 20 heavy (non-hydrogen) atoms. The zero-order valence-corrected chi connectivity index (χ0v) is 10.6. The second-order valence-corrected chi connectivity index (χ2v) is 4.60. The van der Waals surface area contributed by atoms with Gasteiger partial charge in [-0.15, -0.1) is 0 Å². The van der Waals surface area contributed by atoms with Crippen LogP contribution in [0.1, 0.15) is 19.3 Å². The highest BCUT2D eigenvalue weighted by Crippen LogP contribution is 2.20. The molecular formula is C13H14F2N2O3. The number of nitrogens with one attached hydrogen (secondary N) is 1. The summed E-state index contributed by atoms with van der Waals surface area (Å²) in [4.78, 5) is 24.3. The molecule has 0 bridgehead atoms. The minimum atomic E-state index is -1.08. The van der Waals surface area contributed by atoms with Crippen molar-refractivity contribution in [2.45, 2.75) is 25.3 Å². The van der Waals surface area contributed by atoms with E-state index in [2.05, 4.69) is 5.32 Å². The molecule has 1 aromatic carbocycles. The van der Waals surface area contributed by atoms with Gasteiger partial charge in [-0.2, -0.15) is 0 Å². The predicted molar refractivity (Wildman–Crippen MR) is 67.4 cm³/mol. The maximum absolute atomic E-state index is 13.4. The van der Waals surface area contributed by atoms with Gasteiger partial charge in [-0.05, 0) is 31.4 Å². The summed E-state index contributed by atoms with van der Waals surface area (Å²) in [6, 6.07) is 1.17. The molecule has 1 aromatic rings. The van der Waals surface area contributed by atoms with Crippen LogP contribution in [0, 0.1) is 11.6 Å². The Kier molecular flexibility index (Phi) is 4.16. The lowest BCUT2D eigenvalue weighted by molar-refractivity contribution is -0.143. The lowest BCUT2D eigenvalue weighted by Gasteiger charge is -2.32. The minimum absolute atomic E-state index is 0.175. The Labute approximate surface area is 114 Å². The van der Waals surface area contributed by atoms with Gasteiger partial charge in [0.2, 0.25) is 0 Å². The molecule has 1 aliphatic rings. The van der Waals surface area contributed by atoms with Crippen molar-refractivity contribution in [3.05, 3.63) is 29.8 Å². The lowest BCUT2D eigenvalue weighted by atomic mass is 10.0. The zero-order valence-electron chi connectivity index (χ0n) is 10.6. The van der Waals surface area contributed by atoms with Gasteiger partial charge in [0.1, 0.15) is 17.7 Å². The number of amides is 2. The Morgan fingerprint density at radius 1 is 1.30 bits per heavy atom. The molecule has 5 nitrogen and oxygen atoms in total. The summed E-state index contributed by atoms with van der Waals surface area (Å²) in [5.41, 5.74) is -0.175. The summed E-state index contributed by atoms with van der Waals surface area (Å²) in [5, 5.41) is 11.3. The Hall–Kier alpha value is -2.18. The molecule has 7 heteroatoms. The molecule has 2 amide bonds. The van der Waals surface area contributed by atoms with Gasteiger partial charge in [0, 0.05) is 12.6 Å². The summed E-state index contributed by atoms with van der Waals surface area (Å²) in [7, 11) is 0. The van der Waals surface area contributed by atoms with Gasteiger partial charge in [0.15, 0.2) is 0 Å². The van der Waals surface area contributed by atoms with Crippen LogP contribution in [-0.2, 0) is 4.79 Å². The summed E-state index contributed by atoms with van der Waals surface area (Å²) in [6.45, 7) is 0.297. The van der Waals surface area contributed by atoms with Gasteiger partial charge >= 0.3 is 12.0 Å². The average molecular weight is 284 g/mol. The van der Waals surface area contributed by atoms with Crippen molar-refractivity contribution in [3.63, 3.8) is 0 Å². The van der Waals surface area contributed by atoms with E-state index in [0.717, 1.165) is 23.5 Å². The topological polar surface area (TPSA) is 69.6 Å². The van der Waals surface area contributed by atoms with Gasteiger partial charge < -0.3 is 15.3 Å². The molecule has 0 radical (unpaired) electrons. The molecule has 0 unspecified atom stereocenters. The molecule has 1 saturated heterocycles. The lowest BCUT2D eigenvalue weighted by Crippen LogP contribution is -2.49. The second-order valence-electron chi connectivity index (χ2n) is 4.60. The van der Waals surface area contributed by atoms with E-state index < -0.39 is 29.7 Å². The fraction of sp³-hybridized carbons (Fsp3) is 0.385. The van der Waals surface area contributed by atoms with Crippen LogP contribution >= 0.6 is 0 Å². The Bertz CT molecular complexity index is 536. The van der Waals surface area contributed by atoms with Crippen LogP contribution < -0.4 is 5.32 Å². The number of carbonyl (C=O) groups excluding carboxylic acids is 1. The number of carbonyl (C=O) groups is 2. The van der Waals surface area contributed by atoms with Gasteiger partial charge in [-0.25, -0.2) is 18.4 Å². The van der Waals surface area contributed by atoms with E-state index in [1.165, 1.54) is 0 Å². The molecule has 0 aromatic heterocycles. The van der Waals surface area contributed by atoms with E-state index in [0.29, 0.717) is 25.5 Å². The first kappa shape index (κ1) is 14.2. The zero-order chi connectivity index (χ0) is 14.7. The number of anilines is 1. The van der Waals surface area contributed by atoms with Crippen molar-refractivity contribution in [1.82, 2.24) is 4.90 Å². The fourth-order valence-electron chi connectivity index (χ4n) is 2.21. The van der Waals surface area contributed by atoms with E-state index in [-0.39, 0.29) is 5.69 Å². The first-order valence-corrected chi connectivity index (χ1v) is 6.24. The number of carboxylic acid groups (broad SMARTS) is 1. The summed E-state index contributed by atoms with van der Waals surface area (Å²) < 4.78 is 26.2. The van der Waals surface area contributed by atoms with Crippen molar-refractivity contribution in [1.29, 1.82) is 0 Å². The van der Waals surface area contributed by atoms with Crippen molar-refractivity contribution in [2.24, 2.45) is 0 Å². The number of rotatable bonds is 2. The maximum Gasteiger partial charge on any atom is 0.326 e. The number of benzene rings is 1. The molecule has 1 atom stereocenters. The maximum atomic E-state index is 13.4. The minimum Gasteiger partial charge on any atom is -0.480 e. The van der Waals surface area contributed by atoms with Crippen LogP contribution in [0.2, 0.25) is 0 Å². The third-order valence-electron chi connectivity index (χ3n) is 3.22. The Morgan fingerprint density at radius 3 is 2.70 bits per heavy atom. The van der Waals surface area contributed by atoms with Gasteiger partial charge in [-0.1, -0.05) is 0 Å². The van der Waals surface area contributed by atoms with Crippen molar-refractivity contribution >= 4 is 17.7 Å². The van der Waals surface area contributed by atoms with Gasteiger partial charge in [0.25, 0.3) is 0 Å². The molecular weight excluding hydrogens is 270 g/mol. The number of urea groups is 1. The van der Waals surface area contributed by atoms with Crippen LogP contribution in [0.5, 0.6) is 0 Å². The number of piperidine rings is 1. The van der Waals surface area contributed by atoms with E-state index in [1.54, 1.807) is 0 Å². The molecule has 2 N–H and O–H groups in total. The number of halogens is 2. The van der Waals surface area contributed by atoms with Crippen LogP contribution in [0.15, 0.2) is 18.2 Å². The molecule has 1 fully saturated rings. The van der Waals surface area contributed by atoms with E-state index in [4.69, 9.17) is 5.11 Å². The van der Waals surface area contributed by atoms with Crippen molar-refractivity contribution in [2.75, 3.05) is 11.9 Å². The summed E-state index contributed by atoms with van der Waals surface area (Å²) in [5.74, 6) is -2.73. The number of likely N-dealkylation sites (tertiary alicyclic amines) is 1. The summed E-state index contributed by atoms with van der Waals surface area (Å²) >= 11 is 0. The summed E-state index contributed by atoms with van der Waals surface area (Å²) in [6.07, 6.45) is 1.80. The highest BCUT2D eigenvalue weighted by atomic mass is 19.1. The normalized spacial score (nSPS) is 18.7. The molecule has 0 aliphatic carbocycles. The molecule has 1 aliphatic heterocycles. The van der Waals surface area contributed by atoms with E-state index in [9.17, 15) is 18.4 Å². The van der Waals surface area contributed by atoms with Crippen LogP contribution in [-0.4, -0.2) is 34.6 Å². The van der Waals surface area contributed by atoms with Crippen LogP contribution in [0.25, 0.3) is 0 Å². The first-order valence-electron chi connectivity index (χ1n) is 6.24. The van der Waals surface area contributed by atoms with Gasteiger partial charge in [-0.3, -0.25) is 0 Å². The largest absolute Gasteiger partial charge is 0.480 e. The quantitative estimate of drug-likeness (QED) is 0.876. The van der Waals surface area contributed by atoms with Crippen molar-refractivity contribution < 1.29 is 23.5 Å². The monoisotopic (exact) mass is 284 g/mol. The van der Waals surface area contributed by atoms with Gasteiger partial charge in [0.05, 0.1) is 5.69 Å². The number of hydrogen-bond donors (Lipinski definition) is 2. The number of hydrogen-bond acceptors (Lipinski definition) is 2. The highest BCUT2D eigenvalue weighted by Gasteiger charge is 2.32. The molecule has 2 rings (SSSR count). The second kappa shape index (κ2) is 5.85. The van der Waals surface area contributed by atoms with Crippen LogP contribution in [0.4, 0.5) is 19.3 Å². The number of aliphatic carboxylic acids is 1. The number of carboxylic acids is 1. The first-order chi connectivity index (χ1) is 9.49. The molecule has 0 spiro atoms. The third-order valence-corrected chi connectivity index (χ3v) is 3.22. The Balaban J connectivity index is 2.12. The predicted octanol–water partition coefficient (Wildman–Crippen LogP) is 2.44. The number of nitrogens with zero attached hydrogens (tertiary/aromatic N) is 1. The standard InChI is InChI=1S/C13H14F2N2O3/c14-8-4-5-10(9(15)7-8)16-13(20)17-6-2-1-3-11(17)12(18)19/h4-5,7,11H,1-3,6H2,(H,16,20)(H,18,19)/t11-/m1/s1. The van der Waals surface area contributed by atoms with Crippen LogP contribution in [0.3, 0.4) is 0 Å².